The summed E-state index contributed by atoms with van der Waals surface area (Å²) in [7, 11) is 0. The number of piperazine rings is 1. The van der Waals surface area contributed by atoms with Gasteiger partial charge in [-0.15, -0.1) is 0 Å². The first-order valence-electron chi connectivity index (χ1n) is 7.83. The molecule has 1 aliphatic heterocycles. The van der Waals surface area contributed by atoms with E-state index in [4.69, 9.17) is 5.11 Å². The van der Waals surface area contributed by atoms with Crippen LogP contribution in [0.2, 0.25) is 0 Å². The Morgan fingerprint density at radius 3 is 2.67 bits per heavy atom. The first kappa shape index (κ1) is 17.8. The normalized spacial score (nSPS) is 15.9. The van der Waals surface area contributed by atoms with Gasteiger partial charge in [-0.3, -0.25) is 9.69 Å². The SMILES string of the molecule is Cc1cc(O)ccc1NC(=O)/C(C#N)=C\N1CCN(CCO)CC1. The lowest BCUT2D eigenvalue weighted by atomic mass is 10.1. The first-order valence-corrected chi connectivity index (χ1v) is 7.83. The number of anilines is 1. The molecule has 1 saturated heterocycles. The summed E-state index contributed by atoms with van der Waals surface area (Å²) in [5, 5.41) is 30.3. The lowest BCUT2D eigenvalue weighted by Gasteiger charge is -2.33. The van der Waals surface area contributed by atoms with Gasteiger partial charge >= 0.3 is 0 Å². The average molecular weight is 330 g/mol. The van der Waals surface area contributed by atoms with E-state index in [0.717, 1.165) is 18.7 Å². The van der Waals surface area contributed by atoms with Crippen molar-refractivity contribution in [2.24, 2.45) is 0 Å². The van der Waals surface area contributed by atoms with Crippen molar-refractivity contribution in [3.63, 3.8) is 0 Å². The Labute approximate surface area is 141 Å². The second kappa shape index (κ2) is 8.34. The van der Waals surface area contributed by atoms with Gasteiger partial charge in [-0.2, -0.15) is 5.26 Å². The topological polar surface area (TPSA) is 99.8 Å². The molecule has 3 N–H and O–H groups in total. The number of phenolic OH excluding ortho intramolecular Hbond substituents is 1. The van der Waals surface area contributed by atoms with Crippen molar-refractivity contribution in [1.29, 1.82) is 5.26 Å². The molecule has 0 aliphatic carbocycles. The molecular weight excluding hydrogens is 308 g/mol. The summed E-state index contributed by atoms with van der Waals surface area (Å²) in [6.45, 7) is 5.53. The second-order valence-corrected chi connectivity index (χ2v) is 5.71. The van der Waals surface area contributed by atoms with Crippen molar-refractivity contribution in [2.75, 3.05) is 44.6 Å². The number of nitriles is 1. The van der Waals surface area contributed by atoms with Gasteiger partial charge in [0.2, 0.25) is 0 Å². The Balaban J connectivity index is 2.00. The zero-order valence-corrected chi connectivity index (χ0v) is 13.7. The maximum absolute atomic E-state index is 12.3. The molecule has 2 rings (SSSR count). The van der Waals surface area contributed by atoms with Gasteiger partial charge in [-0.25, -0.2) is 0 Å². The molecule has 0 spiro atoms. The van der Waals surface area contributed by atoms with Gasteiger partial charge in [0.15, 0.2) is 0 Å². The van der Waals surface area contributed by atoms with E-state index in [0.29, 0.717) is 25.3 Å². The molecule has 24 heavy (non-hydrogen) atoms. The number of carbonyl (C=O) groups is 1. The van der Waals surface area contributed by atoms with E-state index in [9.17, 15) is 15.2 Å². The highest BCUT2D eigenvalue weighted by Crippen LogP contribution is 2.20. The molecule has 7 nitrogen and oxygen atoms in total. The van der Waals surface area contributed by atoms with Crippen molar-refractivity contribution < 1.29 is 15.0 Å². The maximum Gasteiger partial charge on any atom is 0.267 e. The van der Waals surface area contributed by atoms with Crippen LogP contribution in [0, 0.1) is 18.3 Å². The van der Waals surface area contributed by atoms with Gasteiger partial charge in [-0.1, -0.05) is 0 Å². The van der Waals surface area contributed by atoms with Crippen LogP contribution >= 0.6 is 0 Å². The van der Waals surface area contributed by atoms with E-state index in [2.05, 4.69) is 10.2 Å². The molecule has 0 saturated carbocycles. The van der Waals surface area contributed by atoms with Crippen molar-refractivity contribution in [3.8, 4) is 11.8 Å². The molecule has 0 radical (unpaired) electrons. The number of hydrogen-bond acceptors (Lipinski definition) is 6. The molecule has 1 aromatic carbocycles. The van der Waals surface area contributed by atoms with Gasteiger partial charge in [0, 0.05) is 44.6 Å². The quantitative estimate of drug-likeness (QED) is 0.417. The summed E-state index contributed by atoms with van der Waals surface area (Å²) in [6, 6.07) is 6.58. The van der Waals surface area contributed by atoms with Gasteiger partial charge in [-0.05, 0) is 30.7 Å². The summed E-state index contributed by atoms with van der Waals surface area (Å²) in [5.74, 6) is -0.341. The number of phenols is 1. The van der Waals surface area contributed by atoms with Gasteiger partial charge < -0.3 is 20.4 Å². The van der Waals surface area contributed by atoms with Crippen LogP contribution in [0.4, 0.5) is 5.69 Å². The summed E-state index contributed by atoms with van der Waals surface area (Å²) in [4.78, 5) is 16.4. The molecule has 0 atom stereocenters. The highest BCUT2D eigenvalue weighted by Gasteiger charge is 2.17. The number of benzene rings is 1. The van der Waals surface area contributed by atoms with E-state index in [1.54, 1.807) is 25.3 Å². The summed E-state index contributed by atoms with van der Waals surface area (Å²) >= 11 is 0. The molecule has 7 heteroatoms. The van der Waals surface area contributed by atoms with Gasteiger partial charge in [0.1, 0.15) is 17.4 Å². The molecule has 1 fully saturated rings. The average Bonchev–Trinajstić information content (AvgIpc) is 2.57. The molecule has 128 valence electrons. The largest absolute Gasteiger partial charge is 0.508 e. The number of aromatic hydroxyl groups is 1. The van der Waals surface area contributed by atoms with E-state index in [-0.39, 0.29) is 17.9 Å². The molecule has 1 aliphatic rings. The number of nitrogens with one attached hydrogen (secondary N) is 1. The van der Waals surface area contributed by atoms with Crippen LogP contribution < -0.4 is 5.32 Å². The number of β-amino-alcohol motifs (C(OH)–C–C–N with tert-alkyl or cyclic N) is 1. The highest BCUT2D eigenvalue weighted by molar-refractivity contribution is 6.06. The molecule has 0 bridgehead atoms. The minimum absolute atomic E-state index is 0.0399. The Morgan fingerprint density at radius 2 is 2.08 bits per heavy atom. The Hall–Kier alpha value is -2.56. The van der Waals surface area contributed by atoms with Crippen LogP contribution in [-0.2, 0) is 4.79 Å². The molecule has 0 unspecified atom stereocenters. The van der Waals surface area contributed by atoms with Crippen LogP contribution in [-0.4, -0.2) is 65.3 Å². The highest BCUT2D eigenvalue weighted by atomic mass is 16.3. The standard InChI is InChI=1S/C17H22N4O3/c1-13-10-15(23)2-3-16(13)19-17(24)14(11-18)12-21-6-4-20(5-7-21)8-9-22/h2-3,10,12,22-23H,4-9H2,1H3,(H,19,24)/b14-12-. The predicted octanol–water partition coefficient (Wildman–Crippen LogP) is 0.656. The van der Waals surface area contributed by atoms with Crippen molar-refractivity contribution in [3.05, 3.63) is 35.5 Å². The number of rotatable bonds is 5. The predicted molar refractivity (Wildman–Crippen MR) is 90.3 cm³/mol. The van der Waals surface area contributed by atoms with E-state index in [1.807, 2.05) is 11.0 Å². The Kier molecular flexibility index (Phi) is 6.18. The number of nitrogens with zero attached hydrogens (tertiary/aromatic N) is 3. The third-order valence-electron chi connectivity index (χ3n) is 3.96. The molecule has 1 heterocycles. The molecule has 1 aromatic rings. The maximum atomic E-state index is 12.3. The zero-order valence-electron chi connectivity index (χ0n) is 13.7. The molecule has 0 aromatic heterocycles. The fraction of sp³-hybridized carbons (Fsp3) is 0.412. The number of amides is 1. The van der Waals surface area contributed by atoms with Crippen molar-refractivity contribution in [1.82, 2.24) is 9.80 Å². The van der Waals surface area contributed by atoms with Gasteiger partial charge in [0.25, 0.3) is 5.91 Å². The molecule has 1 amide bonds. The third kappa shape index (κ3) is 4.72. The molecular formula is C17H22N4O3. The van der Waals surface area contributed by atoms with Crippen molar-refractivity contribution in [2.45, 2.75) is 6.92 Å². The van der Waals surface area contributed by atoms with Crippen LogP contribution in [0.25, 0.3) is 0 Å². The van der Waals surface area contributed by atoms with E-state index < -0.39 is 5.91 Å². The second-order valence-electron chi connectivity index (χ2n) is 5.71. The van der Waals surface area contributed by atoms with Crippen LogP contribution in [0.5, 0.6) is 5.75 Å². The van der Waals surface area contributed by atoms with Gasteiger partial charge in [0.05, 0.1) is 6.61 Å². The van der Waals surface area contributed by atoms with Crippen molar-refractivity contribution >= 4 is 11.6 Å². The fourth-order valence-corrected chi connectivity index (χ4v) is 2.56. The number of hydrogen-bond donors (Lipinski definition) is 3. The minimum Gasteiger partial charge on any atom is -0.508 e. The Bertz CT molecular complexity index is 658. The number of aryl methyl sites for hydroxylation is 1. The van der Waals surface area contributed by atoms with E-state index in [1.165, 1.54) is 6.07 Å². The number of aliphatic hydroxyl groups excluding tert-OH is 1. The first-order chi connectivity index (χ1) is 11.5. The monoisotopic (exact) mass is 330 g/mol. The zero-order chi connectivity index (χ0) is 17.5. The third-order valence-corrected chi connectivity index (χ3v) is 3.96. The van der Waals surface area contributed by atoms with Crippen LogP contribution in [0.3, 0.4) is 0 Å². The lowest BCUT2D eigenvalue weighted by molar-refractivity contribution is -0.112. The van der Waals surface area contributed by atoms with Crippen LogP contribution in [0.1, 0.15) is 5.56 Å². The van der Waals surface area contributed by atoms with Crippen LogP contribution in [0.15, 0.2) is 30.0 Å². The fourth-order valence-electron chi connectivity index (χ4n) is 2.56. The smallest absolute Gasteiger partial charge is 0.267 e. The number of carbonyl (C=O) groups excluding carboxylic acids is 1. The minimum atomic E-state index is -0.468. The Morgan fingerprint density at radius 1 is 1.38 bits per heavy atom. The lowest BCUT2D eigenvalue weighted by Crippen LogP contribution is -2.45. The summed E-state index contributed by atoms with van der Waals surface area (Å²) < 4.78 is 0. The summed E-state index contributed by atoms with van der Waals surface area (Å²) in [6.07, 6.45) is 1.58. The van der Waals surface area contributed by atoms with E-state index >= 15 is 0 Å². The number of aliphatic hydroxyl groups is 1. The summed E-state index contributed by atoms with van der Waals surface area (Å²) in [5.41, 5.74) is 1.32.